The molecule has 0 spiro atoms. The second kappa shape index (κ2) is 5.80. The van der Waals surface area contributed by atoms with Gasteiger partial charge >= 0.3 is 0 Å². The van der Waals surface area contributed by atoms with Crippen LogP contribution in [0.15, 0.2) is 28.7 Å². The lowest BCUT2D eigenvalue weighted by Gasteiger charge is -2.22. The fourth-order valence-electron chi connectivity index (χ4n) is 1.34. The minimum atomic E-state index is -0.450. The van der Waals surface area contributed by atoms with E-state index in [1.54, 1.807) is 0 Å². The highest BCUT2D eigenvalue weighted by Gasteiger charge is 2.13. The largest absolute Gasteiger partial charge is 0.390 e. The van der Waals surface area contributed by atoms with E-state index in [0.29, 0.717) is 13.0 Å². The van der Waals surface area contributed by atoms with E-state index >= 15 is 0 Å². The molecule has 1 aromatic rings. The Kier molecular flexibility index (Phi) is 4.96. The molecule has 0 fully saturated rings. The first kappa shape index (κ1) is 13.7. The van der Waals surface area contributed by atoms with Crippen LogP contribution in [0.25, 0.3) is 0 Å². The first-order valence-corrected chi connectivity index (χ1v) is 6.22. The molecule has 0 saturated carbocycles. The van der Waals surface area contributed by atoms with Crippen LogP contribution in [0.1, 0.15) is 26.3 Å². The van der Waals surface area contributed by atoms with E-state index < -0.39 is 6.10 Å². The molecule has 0 aliphatic heterocycles. The van der Waals surface area contributed by atoms with Crippen LogP contribution in [0.2, 0.25) is 0 Å². The molecular weight excluding hydrogens is 268 g/mol. The zero-order chi connectivity index (χ0) is 12.2. The van der Waals surface area contributed by atoms with Crippen molar-refractivity contribution < 1.29 is 9.84 Å². The number of ether oxygens (including phenoxy) is 1. The first-order chi connectivity index (χ1) is 7.37. The molecule has 1 aromatic carbocycles. The van der Waals surface area contributed by atoms with Gasteiger partial charge in [0.1, 0.15) is 0 Å². The molecule has 2 nitrogen and oxygen atoms in total. The normalized spacial score (nSPS) is 13.8. The molecule has 16 heavy (non-hydrogen) atoms. The SMILES string of the molecule is CC(C)(C)OCC(O)Cc1cccc(Br)c1. The Morgan fingerprint density at radius 2 is 2.06 bits per heavy atom. The van der Waals surface area contributed by atoms with Crippen LogP contribution in [0.4, 0.5) is 0 Å². The number of aliphatic hydroxyl groups excluding tert-OH is 1. The van der Waals surface area contributed by atoms with Gasteiger partial charge in [-0.25, -0.2) is 0 Å². The predicted molar refractivity (Wildman–Crippen MR) is 69.6 cm³/mol. The number of rotatable bonds is 4. The zero-order valence-electron chi connectivity index (χ0n) is 10.0. The Balaban J connectivity index is 2.43. The smallest absolute Gasteiger partial charge is 0.0814 e. The van der Waals surface area contributed by atoms with E-state index in [-0.39, 0.29) is 5.60 Å². The topological polar surface area (TPSA) is 29.5 Å². The van der Waals surface area contributed by atoms with E-state index in [0.717, 1.165) is 10.0 Å². The first-order valence-electron chi connectivity index (χ1n) is 5.43. The molecular formula is C13H19BrO2. The summed E-state index contributed by atoms with van der Waals surface area (Å²) in [6.07, 6.45) is 0.170. The summed E-state index contributed by atoms with van der Waals surface area (Å²) in [4.78, 5) is 0. The number of aliphatic hydroxyl groups is 1. The third kappa shape index (κ3) is 5.64. The summed E-state index contributed by atoms with van der Waals surface area (Å²) in [7, 11) is 0. The average molecular weight is 287 g/mol. The summed E-state index contributed by atoms with van der Waals surface area (Å²) in [5.74, 6) is 0. The van der Waals surface area contributed by atoms with Crippen LogP contribution in [-0.2, 0) is 11.2 Å². The lowest BCUT2D eigenvalue weighted by Crippen LogP contribution is -2.27. The molecule has 0 amide bonds. The lowest BCUT2D eigenvalue weighted by molar-refractivity contribution is -0.0482. The van der Waals surface area contributed by atoms with E-state index in [2.05, 4.69) is 15.9 Å². The summed E-state index contributed by atoms with van der Waals surface area (Å²) in [6, 6.07) is 7.96. The maximum absolute atomic E-state index is 9.82. The molecule has 0 aromatic heterocycles. The highest BCUT2D eigenvalue weighted by molar-refractivity contribution is 9.10. The quantitative estimate of drug-likeness (QED) is 0.921. The standard InChI is InChI=1S/C13H19BrO2/c1-13(2,3)16-9-12(15)8-10-5-4-6-11(14)7-10/h4-7,12,15H,8-9H2,1-3H3. The summed E-state index contributed by atoms with van der Waals surface area (Å²) in [5, 5.41) is 9.82. The molecule has 3 heteroatoms. The van der Waals surface area contributed by atoms with Gasteiger partial charge in [-0.1, -0.05) is 28.1 Å². The van der Waals surface area contributed by atoms with Crippen molar-refractivity contribution in [2.45, 2.75) is 38.9 Å². The molecule has 1 unspecified atom stereocenters. The van der Waals surface area contributed by atoms with Crippen molar-refractivity contribution in [1.82, 2.24) is 0 Å². The maximum Gasteiger partial charge on any atom is 0.0814 e. The lowest BCUT2D eigenvalue weighted by atomic mass is 10.1. The number of benzene rings is 1. The number of hydrogen-bond acceptors (Lipinski definition) is 2. The minimum absolute atomic E-state index is 0.196. The molecule has 0 radical (unpaired) electrons. The van der Waals surface area contributed by atoms with Gasteiger partial charge in [-0.3, -0.25) is 0 Å². The molecule has 1 N–H and O–H groups in total. The van der Waals surface area contributed by atoms with Crippen molar-refractivity contribution in [1.29, 1.82) is 0 Å². The highest BCUT2D eigenvalue weighted by atomic mass is 79.9. The molecule has 1 rings (SSSR count). The van der Waals surface area contributed by atoms with E-state index in [4.69, 9.17) is 4.74 Å². The fourth-order valence-corrected chi connectivity index (χ4v) is 1.79. The van der Waals surface area contributed by atoms with Crippen LogP contribution >= 0.6 is 15.9 Å². The van der Waals surface area contributed by atoms with Crippen molar-refractivity contribution >= 4 is 15.9 Å². The molecule has 1 atom stereocenters. The molecule has 0 aliphatic rings. The van der Waals surface area contributed by atoms with Crippen LogP contribution in [0.3, 0.4) is 0 Å². The van der Waals surface area contributed by atoms with Gasteiger partial charge < -0.3 is 9.84 Å². The van der Waals surface area contributed by atoms with Gasteiger partial charge in [-0.2, -0.15) is 0 Å². The van der Waals surface area contributed by atoms with Gasteiger partial charge in [0.05, 0.1) is 18.3 Å². The van der Waals surface area contributed by atoms with Crippen molar-refractivity contribution in [2.75, 3.05) is 6.61 Å². The number of halogens is 1. The minimum Gasteiger partial charge on any atom is -0.390 e. The summed E-state index contributed by atoms with van der Waals surface area (Å²) in [6.45, 7) is 6.33. The van der Waals surface area contributed by atoms with Crippen LogP contribution in [0, 0.1) is 0 Å². The number of hydrogen-bond donors (Lipinski definition) is 1. The van der Waals surface area contributed by atoms with Crippen LogP contribution in [0.5, 0.6) is 0 Å². The van der Waals surface area contributed by atoms with Crippen LogP contribution < -0.4 is 0 Å². The van der Waals surface area contributed by atoms with E-state index in [1.165, 1.54) is 0 Å². The third-order valence-corrected chi connectivity index (χ3v) is 2.56. The van der Waals surface area contributed by atoms with Crippen molar-refractivity contribution in [3.05, 3.63) is 34.3 Å². The molecule has 90 valence electrons. The summed E-state index contributed by atoms with van der Waals surface area (Å²) < 4.78 is 6.57. The second-order valence-electron chi connectivity index (χ2n) is 4.91. The van der Waals surface area contributed by atoms with Crippen LogP contribution in [-0.4, -0.2) is 23.4 Å². The monoisotopic (exact) mass is 286 g/mol. The molecule has 0 heterocycles. The summed E-state index contributed by atoms with van der Waals surface area (Å²) in [5.41, 5.74) is 0.914. The van der Waals surface area contributed by atoms with Gasteiger partial charge in [0.25, 0.3) is 0 Å². The van der Waals surface area contributed by atoms with Gasteiger partial charge in [0.15, 0.2) is 0 Å². The Labute approximate surface area is 106 Å². The Bertz CT molecular complexity index is 331. The second-order valence-corrected chi connectivity index (χ2v) is 5.83. The van der Waals surface area contributed by atoms with Gasteiger partial charge in [0.2, 0.25) is 0 Å². The van der Waals surface area contributed by atoms with Crippen molar-refractivity contribution in [3.8, 4) is 0 Å². The average Bonchev–Trinajstić information content (AvgIpc) is 2.14. The predicted octanol–water partition coefficient (Wildman–Crippen LogP) is 3.17. The third-order valence-electron chi connectivity index (χ3n) is 2.07. The summed E-state index contributed by atoms with van der Waals surface area (Å²) >= 11 is 3.41. The van der Waals surface area contributed by atoms with E-state index in [1.807, 2.05) is 45.0 Å². The zero-order valence-corrected chi connectivity index (χ0v) is 11.6. The highest BCUT2D eigenvalue weighted by Crippen LogP contribution is 2.14. The molecule has 0 bridgehead atoms. The maximum atomic E-state index is 9.82. The van der Waals surface area contributed by atoms with E-state index in [9.17, 15) is 5.11 Å². The van der Waals surface area contributed by atoms with Gasteiger partial charge in [-0.05, 0) is 38.5 Å². The molecule has 0 saturated heterocycles. The van der Waals surface area contributed by atoms with Crippen molar-refractivity contribution in [2.24, 2.45) is 0 Å². The fraction of sp³-hybridized carbons (Fsp3) is 0.538. The Morgan fingerprint density at radius 1 is 1.38 bits per heavy atom. The van der Waals surface area contributed by atoms with Gasteiger partial charge in [0, 0.05) is 10.9 Å². The Hall–Kier alpha value is -0.380. The van der Waals surface area contributed by atoms with Gasteiger partial charge in [-0.15, -0.1) is 0 Å². The Morgan fingerprint density at radius 3 is 2.62 bits per heavy atom. The molecule has 0 aliphatic carbocycles. The van der Waals surface area contributed by atoms with Crippen molar-refractivity contribution in [3.63, 3.8) is 0 Å².